The summed E-state index contributed by atoms with van der Waals surface area (Å²) in [6, 6.07) is 5.62. The number of benzene rings is 1. The van der Waals surface area contributed by atoms with Gasteiger partial charge in [-0.25, -0.2) is 0 Å². The number of hydrogen-bond acceptors (Lipinski definition) is 2. The van der Waals surface area contributed by atoms with Crippen molar-refractivity contribution in [2.75, 3.05) is 0 Å². The number of halogens is 3. The van der Waals surface area contributed by atoms with Crippen LogP contribution in [0.4, 0.5) is 13.2 Å². The van der Waals surface area contributed by atoms with Crippen LogP contribution in [0.25, 0.3) is 11.1 Å². The first-order valence-electron chi connectivity index (χ1n) is 7.40. The zero-order valence-electron chi connectivity index (χ0n) is 13.9. The van der Waals surface area contributed by atoms with E-state index in [1.165, 1.54) is 18.2 Å². The van der Waals surface area contributed by atoms with Crippen molar-refractivity contribution >= 4 is 5.91 Å². The molecule has 7 heteroatoms. The second-order valence-corrected chi connectivity index (χ2v) is 5.82. The van der Waals surface area contributed by atoms with E-state index in [0.29, 0.717) is 22.4 Å². The Balaban J connectivity index is 2.67. The molecule has 4 nitrogen and oxygen atoms in total. The van der Waals surface area contributed by atoms with Gasteiger partial charge in [-0.1, -0.05) is 12.1 Å². The Morgan fingerprint density at radius 3 is 2.33 bits per heavy atom. The lowest BCUT2D eigenvalue weighted by Gasteiger charge is -2.14. The fraction of sp³-hybridized carbons (Fsp3) is 0.353. The number of primary amides is 1. The highest BCUT2D eigenvalue weighted by Gasteiger charge is 2.31. The Morgan fingerprint density at radius 2 is 1.83 bits per heavy atom. The Hall–Kier alpha value is -2.44. The molecule has 130 valence electrons. The van der Waals surface area contributed by atoms with Gasteiger partial charge in [0.2, 0.25) is 0 Å². The molecule has 0 spiro atoms. The molecular weight excluding hydrogens is 321 g/mol. The lowest BCUT2D eigenvalue weighted by atomic mass is 10.00. The van der Waals surface area contributed by atoms with Gasteiger partial charge in [0.1, 0.15) is 5.75 Å². The third-order valence-electron chi connectivity index (χ3n) is 3.82. The molecule has 0 saturated heterocycles. The first kappa shape index (κ1) is 17.9. The number of alkyl halides is 3. The van der Waals surface area contributed by atoms with Gasteiger partial charge in [0.25, 0.3) is 5.91 Å². The minimum atomic E-state index is -4.78. The van der Waals surface area contributed by atoms with Crippen molar-refractivity contribution in [1.82, 2.24) is 4.57 Å². The standard InChI is InChI=1S/C17H19F3N2O2/c1-9(2)22-10(3)14(15(11(22)4)16(21)23)12-6-5-7-13(8-12)24-17(18,19)20/h5-9H,1-4H3,(H2,21,23). The van der Waals surface area contributed by atoms with Crippen LogP contribution in [-0.2, 0) is 0 Å². The number of nitrogens with two attached hydrogens (primary N) is 1. The summed E-state index contributed by atoms with van der Waals surface area (Å²) in [4.78, 5) is 11.9. The lowest BCUT2D eigenvalue weighted by molar-refractivity contribution is -0.274. The van der Waals surface area contributed by atoms with Gasteiger partial charge in [0, 0.05) is 23.0 Å². The summed E-state index contributed by atoms with van der Waals surface area (Å²) in [5.74, 6) is -0.961. The van der Waals surface area contributed by atoms with Crippen molar-refractivity contribution in [3.63, 3.8) is 0 Å². The minimum absolute atomic E-state index is 0.0754. The van der Waals surface area contributed by atoms with Crippen LogP contribution in [0.2, 0.25) is 0 Å². The largest absolute Gasteiger partial charge is 0.573 e. The molecule has 0 fully saturated rings. The summed E-state index contributed by atoms with van der Waals surface area (Å²) in [7, 11) is 0. The smallest absolute Gasteiger partial charge is 0.406 e. The van der Waals surface area contributed by atoms with E-state index in [4.69, 9.17) is 5.73 Å². The highest BCUT2D eigenvalue weighted by Crippen LogP contribution is 2.36. The maximum atomic E-state index is 12.4. The van der Waals surface area contributed by atoms with Crippen molar-refractivity contribution in [3.05, 3.63) is 41.2 Å². The van der Waals surface area contributed by atoms with E-state index in [9.17, 15) is 18.0 Å². The molecule has 0 atom stereocenters. The molecule has 1 amide bonds. The first-order chi connectivity index (χ1) is 11.0. The van der Waals surface area contributed by atoms with Gasteiger partial charge >= 0.3 is 6.36 Å². The van der Waals surface area contributed by atoms with Crippen molar-refractivity contribution < 1.29 is 22.7 Å². The molecule has 0 unspecified atom stereocenters. The van der Waals surface area contributed by atoms with Gasteiger partial charge in [-0.2, -0.15) is 0 Å². The van der Waals surface area contributed by atoms with Crippen LogP contribution in [0.1, 0.15) is 41.6 Å². The average Bonchev–Trinajstić information content (AvgIpc) is 2.68. The number of carbonyl (C=O) groups is 1. The fourth-order valence-electron chi connectivity index (χ4n) is 3.13. The molecule has 2 rings (SSSR count). The predicted molar refractivity (Wildman–Crippen MR) is 84.9 cm³/mol. The van der Waals surface area contributed by atoms with Crippen LogP contribution in [0, 0.1) is 13.8 Å². The van der Waals surface area contributed by atoms with Crippen LogP contribution < -0.4 is 10.5 Å². The monoisotopic (exact) mass is 340 g/mol. The molecule has 1 aromatic carbocycles. The summed E-state index contributed by atoms with van der Waals surface area (Å²) < 4.78 is 43.2. The highest BCUT2D eigenvalue weighted by atomic mass is 19.4. The Morgan fingerprint density at radius 1 is 1.21 bits per heavy atom. The van der Waals surface area contributed by atoms with Crippen molar-refractivity contribution in [2.24, 2.45) is 5.73 Å². The van der Waals surface area contributed by atoms with E-state index in [2.05, 4.69) is 4.74 Å². The van der Waals surface area contributed by atoms with E-state index in [1.807, 2.05) is 25.3 Å². The van der Waals surface area contributed by atoms with Crippen LogP contribution in [0.5, 0.6) is 5.75 Å². The number of ether oxygens (including phenoxy) is 1. The van der Waals surface area contributed by atoms with Crippen molar-refractivity contribution in [1.29, 1.82) is 0 Å². The van der Waals surface area contributed by atoms with E-state index in [1.54, 1.807) is 13.0 Å². The molecule has 0 aliphatic rings. The first-order valence-corrected chi connectivity index (χ1v) is 7.40. The van der Waals surface area contributed by atoms with Gasteiger partial charge in [-0.15, -0.1) is 13.2 Å². The number of aromatic nitrogens is 1. The van der Waals surface area contributed by atoms with Crippen LogP contribution in [0.3, 0.4) is 0 Å². The number of rotatable bonds is 4. The summed E-state index contributed by atoms with van der Waals surface area (Å²) in [6.07, 6.45) is -4.78. The zero-order valence-corrected chi connectivity index (χ0v) is 13.9. The molecule has 0 aliphatic heterocycles. The van der Waals surface area contributed by atoms with Gasteiger partial charge < -0.3 is 15.0 Å². The molecule has 2 N–H and O–H groups in total. The molecule has 0 aliphatic carbocycles. The number of carbonyl (C=O) groups excluding carboxylic acids is 1. The fourth-order valence-corrected chi connectivity index (χ4v) is 3.13. The van der Waals surface area contributed by atoms with Crippen LogP contribution >= 0.6 is 0 Å². The van der Waals surface area contributed by atoms with Gasteiger partial charge in [0.05, 0.1) is 5.56 Å². The number of nitrogens with zero attached hydrogens (tertiary/aromatic N) is 1. The van der Waals surface area contributed by atoms with E-state index in [0.717, 1.165) is 5.69 Å². The summed E-state index contributed by atoms with van der Waals surface area (Å²) in [5, 5.41) is 0. The van der Waals surface area contributed by atoms with E-state index >= 15 is 0 Å². The third-order valence-corrected chi connectivity index (χ3v) is 3.82. The SMILES string of the molecule is Cc1c(C(N)=O)c(-c2cccc(OC(F)(F)F)c2)c(C)n1C(C)C. The Kier molecular flexibility index (Phi) is 4.64. The maximum absolute atomic E-state index is 12.4. The second kappa shape index (κ2) is 6.22. The van der Waals surface area contributed by atoms with Gasteiger partial charge in [-0.05, 0) is 45.4 Å². The third kappa shape index (κ3) is 3.39. The molecule has 1 heterocycles. The number of amides is 1. The van der Waals surface area contributed by atoms with Gasteiger partial charge in [0.15, 0.2) is 0 Å². The normalized spacial score (nSPS) is 11.8. The summed E-state index contributed by atoms with van der Waals surface area (Å²) in [5.41, 5.74) is 8.25. The maximum Gasteiger partial charge on any atom is 0.573 e. The molecule has 1 aromatic heterocycles. The number of hydrogen-bond donors (Lipinski definition) is 1. The van der Waals surface area contributed by atoms with Gasteiger partial charge in [-0.3, -0.25) is 4.79 Å². The summed E-state index contributed by atoms with van der Waals surface area (Å²) in [6.45, 7) is 7.49. The quantitative estimate of drug-likeness (QED) is 0.899. The average molecular weight is 340 g/mol. The zero-order chi connectivity index (χ0) is 18.2. The van der Waals surface area contributed by atoms with E-state index < -0.39 is 12.3 Å². The van der Waals surface area contributed by atoms with Crippen LogP contribution in [0.15, 0.2) is 24.3 Å². The molecule has 2 aromatic rings. The molecule has 24 heavy (non-hydrogen) atoms. The highest BCUT2D eigenvalue weighted by molar-refractivity contribution is 6.02. The molecule has 0 bridgehead atoms. The lowest BCUT2D eigenvalue weighted by Crippen LogP contribution is -2.17. The minimum Gasteiger partial charge on any atom is -0.406 e. The molecule has 0 saturated carbocycles. The van der Waals surface area contributed by atoms with Crippen molar-refractivity contribution in [3.8, 4) is 16.9 Å². The molecular formula is C17H19F3N2O2. The Labute approximate surface area is 138 Å². The van der Waals surface area contributed by atoms with Crippen LogP contribution in [-0.4, -0.2) is 16.8 Å². The predicted octanol–water partition coefficient (Wildman–Crippen LogP) is 4.35. The van der Waals surface area contributed by atoms with Crippen molar-refractivity contribution in [2.45, 2.75) is 40.1 Å². The summed E-state index contributed by atoms with van der Waals surface area (Å²) >= 11 is 0. The second-order valence-electron chi connectivity index (χ2n) is 5.82. The topological polar surface area (TPSA) is 57.3 Å². The Bertz CT molecular complexity index is 777. The van der Waals surface area contributed by atoms with E-state index in [-0.39, 0.29) is 11.8 Å². The molecule has 0 radical (unpaired) electrons.